The maximum absolute atomic E-state index is 12.0. The van der Waals surface area contributed by atoms with Gasteiger partial charge in [0, 0.05) is 5.56 Å². The molecule has 0 fully saturated rings. The quantitative estimate of drug-likeness (QED) is 0.646. The number of carbonyl (C=O) groups excluding carboxylic acids is 1. The van der Waals surface area contributed by atoms with Crippen LogP contribution in [-0.2, 0) is 11.3 Å². The lowest BCUT2D eigenvalue weighted by Gasteiger charge is -2.19. The second-order valence-corrected chi connectivity index (χ2v) is 5.56. The minimum absolute atomic E-state index is 0.289. The van der Waals surface area contributed by atoms with Crippen LogP contribution >= 0.6 is 0 Å². The van der Waals surface area contributed by atoms with Crippen LogP contribution in [0, 0.1) is 6.92 Å². The lowest BCUT2D eigenvalue weighted by Crippen LogP contribution is -2.25. The normalized spacial score (nSPS) is 15.0. The Kier molecular flexibility index (Phi) is 4.42. The molecule has 4 nitrogen and oxygen atoms in total. The Hall–Kier alpha value is -2.62. The Balaban J connectivity index is 1.90. The first-order valence-corrected chi connectivity index (χ1v) is 7.75. The number of rotatable bonds is 3. The zero-order chi connectivity index (χ0) is 16.2. The number of carbonyl (C=O) groups is 1. The van der Waals surface area contributed by atoms with E-state index in [-0.39, 0.29) is 5.97 Å². The summed E-state index contributed by atoms with van der Waals surface area (Å²) in [6.07, 6.45) is 2.06. The predicted octanol–water partition coefficient (Wildman–Crippen LogP) is 3.15. The van der Waals surface area contributed by atoms with E-state index in [9.17, 15) is 4.79 Å². The molecule has 1 aliphatic rings. The molecule has 0 N–H and O–H groups in total. The third kappa shape index (κ3) is 3.42. The maximum Gasteiger partial charge on any atom is 0.338 e. The summed E-state index contributed by atoms with van der Waals surface area (Å²) < 4.78 is 13.1. The summed E-state index contributed by atoms with van der Waals surface area (Å²) >= 11 is 0. The van der Waals surface area contributed by atoms with E-state index in [1.165, 1.54) is 0 Å². The van der Waals surface area contributed by atoms with Gasteiger partial charge in [0.25, 0.3) is 6.73 Å². The fourth-order valence-corrected chi connectivity index (χ4v) is 2.75. The van der Waals surface area contributed by atoms with Crippen LogP contribution in [-0.4, -0.2) is 30.1 Å². The number of hydrogen-bond donors (Lipinski definition) is 0. The van der Waals surface area contributed by atoms with Gasteiger partial charge in [0.15, 0.2) is 12.8 Å². The van der Waals surface area contributed by atoms with Crippen molar-refractivity contribution >= 4 is 12.2 Å². The van der Waals surface area contributed by atoms with E-state index >= 15 is 0 Å². The Morgan fingerprint density at radius 3 is 2.83 bits per heavy atom. The Labute approximate surface area is 136 Å². The van der Waals surface area contributed by atoms with Crippen molar-refractivity contribution in [2.24, 2.45) is 0 Å². The van der Waals surface area contributed by atoms with Crippen molar-refractivity contribution < 1.29 is 18.8 Å². The van der Waals surface area contributed by atoms with Crippen molar-refractivity contribution in [1.82, 2.24) is 0 Å². The highest BCUT2D eigenvalue weighted by Crippen LogP contribution is 2.29. The van der Waals surface area contributed by atoms with Crippen LogP contribution in [0.15, 0.2) is 42.5 Å². The van der Waals surface area contributed by atoms with Gasteiger partial charge in [-0.3, -0.25) is 0 Å². The number of benzene rings is 2. The van der Waals surface area contributed by atoms with Crippen LogP contribution in [0.4, 0.5) is 0 Å². The zero-order valence-corrected chi connectivity index (χ0v) is 13.4. The lowest BCUT2D eigenvalue weighted by molar-refractivity contribution is -0.575. The summed E-state index contributed by atoms with van der Waals surface area (Å²) in [5, 5.41) is 0. The van der Waals surface area contributed by atoms with E-state index in [0.29, 0.717) is 25.4 Å². The summed E-state index contributed by atoms with van der Waals surface area (Å²) in [4.78, 5) is 12.0. The molecule has 2 aromatic carbocycles. The Morgan fingerprint density at radius 2 is 2.09 bits per heavy atom. The van der Waals surface area contributed by atoms with Gasteiger partial charge in [0.1, 0.15) is 5.75 Å². The number of esters is 1. The topological polar surface area (TPSA) is 38.5 Å². The minimum atomic E-state index is -0.289. The van der Waals surface area contributed by atoms with Crippen molar-refractivity contribution in [3.63, 3.8) is 0 Å². The highest BCUT2D eigenvalue weighted by Gasteiger charge is 2.23. The maximum atomic E-state index is 12.0. The van der Waals surface area contributed by atoms with E-state index in [4.69, 9.17) is 9.47 Å². The first-order chi connectivity index (χ1) is 11.2. The van der Waals surface area contributed by atoms with E-state index in [1.54, 1.807) is 0 Å². The van der Waals surface area contributed by atoms with Crippen molar-refractivity contribution in [2.75, 3.05) is 13.3 Å². The molecule has 0 aromatic heterocycles. The van der Waals surface area contributed by atoms with Crippen LogP contribution in [0.5, 0.6) is 5.75 Å². The number of aryl methyl sites for hydroxylation is 1. The molecule has 0 aliphatic carbocycles. The molecular formula is C19H20NO3+. The summed E-state index contributed by atoms with van der Waals surface area (Å²) in [6.45, 7) is 5.35. The third-order valence-corrected chi connectivity index (χ3v) is 3.74. The van der Waals surface area contributed by atoms with Crippen LogP contribution in [0.1, 0.15) is 34.0 Å². The summed E-state index contributed by atoms with van der Waals surface area (Å²) in [6, 6.07) is 13.8. The Bertz CT molecular complexity index is 751. The molecule has 1 heterocycles. The van der Waals surface area contributed by atoms with Crippen molar-refractivity contribution in [3.05, 3.63) is 64.7 Å². The van der Waals surface area contributed by atoms with Gasteiger partial charge in [-0.1, -0.05) is 18.2 Å². The molecule has 0 unspecified atom stereocenters. The van der Waals surface area contributed by atoms with Crippen LogP contribution < -0.4 is 4.74 Å². The molecule has 2 aromatic rings. The molecule has 0 saturated heterocycles. The molecule has 0 saturated carbocycles. The van der Waals surface area contributed by atoms with Crippen LogP contribution in [0.3, 0.4) is 0 Å². The highest BCUT2D eigenvalue weighted by atomic mass is 16.5. The largest absolute Gasteiger partial charge is 0.462 e. The molecule has 118 valence electrons. The zero-order valence-electron chi connectivity index (χ0n) is 13.4. The van der Waals surface area contributed by atoms with Gasteiger partial charge >= 0.3 is 5.97 Å². The number of ether oxygens (including phenoxy) is 2. The molecular weight excluding hydrogens is 290 g/mol. The number of fused-ring (bicyclic) bond motifs is 1. The highest BCUT2D eigenvalue weighted by molar-refractivity contribution is 5.90. The van der Waals surface area contributed by atoms with Gasteiger partial charge in [-0.15, -0.1) is 0 Å². The molecule has 3 rings (SSSR count). The number of hydrogen-bond acceptors (Lipinski definition) is 3. The van der Waals surface area contributed by atoms with Crippen LogP contribution in [0.25, 0.3) is 0 Å². The molecule has 0 spiro atoms. The first kappa shape index (κ1) is 15.3. The first-order valence-electron chi connectivity index (χ1n) is 7.75. The standard InChI is InChI=1S/C19H20NO3/c1-3-22-19(21)16-9-14(2)18-17(10-16)12-20(13-23-18)11-15-7-5-4-6-8-15/h4-11H,3,12-13H2,1-2H3/q+1/b20-11+. The van der Waals surface area contributed by atoms with Gasteiger partial charge in [0.05, 0.1) is 17.7 Å². The molecule has 4 heteroatoms. The van der Waals surface area contributed by atoms with Crippen molar-refractivity contribution in [3.8, 4) is 5.75 Å². The molecule has 1 aliphatic heterocycles. The van der Waals surface area contributed by atoms with Gasteiger partial charge in [-0.05, 0) is 43.7 Å². The van der Waals surface area contributed by atoms with Crippen molar-refractivity contribution in [2.45, 2.75) is 20.4 Å². The summed E-state index contributed by atoms with van der Waals surface area (Å²) in [7, 11) is 0. The molecule has 0 bridgehead atoms. The lowest BCUT2D eigenvalue weighted by atomic mass is 10.0. The van der Waals surface area contributed by atoms with Crippen LogP contribution in [0.2, 0.25) is 0 Å². The van der Waals surface area contributed by atoms with Gasteiger partial charge in [0.2, 0.25) is 0 Å². The van der Waals surface area contributed by atoms with E-state index in [1.807, 2.05) is 44.2 Å². The smallest absolute Gasteiger partial charge is 0.338 e. The van der Waals surface area contributed by atoms with Gasteiger partial charge < -0.3 is 9.47 Å². The SMILES string of the molecule is CCOC(=O)c1cc(C)c2c(c1)C/[N+](=C\c1ccccc1)CO2. The fourth-order valence-electron chi connectivity index (χ4n) is 2.75. The minimum Gasteiger partial charge on any atom is -0.462 e. The summed E-state index contributed by atoms with van der Waals surface area (Å²) in [5.41, 5.74) is 3.67. The molecule has 0 radical (unpaired) electrons. The average Bonchev–Trinajstić information content (AvgIpc) is 2.55. The average molecular weight is 310 g/mol. The van der Waals surface area contributed by atoms with Crippen molar-refractivity contribution in [1.29, 1.82) is 0 Å². The van der Waals surface area contributed by atoms with E-state index in [0.717, 1.165) is 22.4 Å². The Morgan fingerprint density at radius 1 is 1.30 bits per heavy atom. The fraction of sp³-hybridized carbons (Fsp3) is 0.263. The molecule has 23 heavy (non-hydrogen) atoms. The summed E-state index contributed by atoms with van der Waals surface area (Å²) in [5.74, 6) is 0.582. The predicted molar refractivity (Wildman–Crippen MR) is 88.2 cm³/mol. The third-order valence-electron chi connectivity index (χ3n) is 3.74. The molecule has 0 atom stereocenters. The van der Waals surface area contributed by atoms with E-state index < -0.39 is 0 Å². The molecule has 0 amide bonds. The monoisotopic (exact) mass is 310 g/mol. The second-order valence-electron chi connectivity index (χ2n) is 5.56. The second kappa shape index (κ2) is 6.65. The van der Waals surface area contributed by atoms with Gasteiger partial charge in [-0.2, -0.15) is 4.58 Å². The van der Waals surface area contributed by atoms with Gasteiger partial charge in [-0.25, -0.2) is 4.79 Å². The van der Waals surface area contributed by atoms with E-state index in [2.05, 4.69) is 22.9 Å². The number of nitrogens with zero attached hydrogens (tertiary/aromatic N) is 1.